The molecule has 0 spiro atoms. The number of rotatable bonds is 2. The lowest BCUT2D eigenvalue weighted by molar-refractivity contribution is -0.168. The minimum atomic E-state index is -4.64. The van der Waals surface area contributed by atoms with Crippen LogP contribution in [0, 0.1) is 6.92 Å². The normalized spacial score (nSPS) is 10.5. The SMILES string of the molecule is CC(=O)C(F)(F)F.CCCc1ccc(C)cc1. The van der Waals surface area contributed by atoms with E-state index >= 15 is 0 Å². The topological polar surface area (TPSA) is 17.1 Å². The molecule has 0 unspecified atom stereocenters. The fourth-order valence-corrected chi connectivity index (χ4v) is 1.04. The molecule has 0 saturated carbocycles. The lowest BCUT2D eigenvalue weighted by Gasteiger charge is -1.97. The van der Waals surface area contributed by atoms with Crippen molar-refractivity contribution >= 4 is 5.78 Å². The van der Waals surface area contributed by atoms with Crippen molar-refractivity contribution in [2.24, 2.45) is 0 Å². The number of benzene rings is 1. The van der Waals surface area contributed by atoms with Crippen molar-refractivity contribution < 1.29 is 18.0 Å². The summed E-state index contributed by atoms with van der Waals surface area (Å²) in [5, 5.41) is 0. The van der Waals surface area contributed by atoms with Crippen molar-refractivity contribution in [3.63, 3.8) is 0 Å². The van der Waals surface area contributed by atoms with Crippen molar-refractivity contribution in [1.29, 1.82) is 0 Å². The first-order valence-corrected chi connectivity index (χ1v) is 5.40. The Labute approximate surface area is 99.6 Å². The second-order valence-corrected chi connectivity index (χ2v) is 3.79. The van der Waals surface area contributed by atoms with Gasteiger partial charge < -0.3 is 0 Å². The van der Waals surface area contributed by atoms with Gasteiger partial charge in [-0.25, -0.2) is 0 Å². The second-order valence-electron chi connectivity index (χ2n) is 3.79. The van der Waals surface area contributed by atoms with Gasteiger partial charge in [-0.1, -0.05) is 43.2 Å². The molecule has 0 aromatic heterocycles. The van der Waals surface area contributed by atoms with Crippen LogP contribution >= 0.6 is 0 Å². The van der Waals surface area contributed by atoms with Crippen molar-refractivity contribution in [3.05, 3.63) is 35.4 Å². The molecule has 17 heavy (non-hydrogen) atoms. The zero-order valence-electron chi connectivity index (χ0n) is 10.3. The van der Waals surface area contributed by atoms with Crippen LogP contribution in [-0.2, 0) is 11.2 Å². The summed E-state index contributed by atoms with van der Waals surface area (Å²) in [6, 6.07) is 8.76. The second kappa shape index (κ2) is 7.09. The van der Waals surface area contributed by atoms with Crippen LogP contribution in [-0.4, -0.2) is 12.0 Å². The molecular weight excluding hydrogens is 229 g/mol. The average molecular weight is 246 g/mol. The Balaban J connectivity index is 0.000000325. The molecule has 0 aliphatic carbocycles. The summed E-state index contributed by atoms with van der Waals surface area (Å²) in [4.78, 5) is 9.34. The molecule has 0 fully saturated rings. The molecule has 1 aromatic carbocycles. The van der Waals surface area contributed by atoms with Gasteiger partial charge in [0.1, 0.15) is 0 Å². The van der Waals surface area contributed by atoms with Gasteiger partial charge in [0.05, 0.1) is 0 Å². The molecule has 0 radical (unpaired) electrons. The summed E-state index contributed by atoms with van der Waals surface area (Å²) in [7, 11) is 0. The maximum atomic E-state index is 10.8. The van der Waals surface area contributed by atoms with Gasteiger partial charge in [0.15, 0.2) is 0 Å². The summed E-state index contributed by atoms with van der Waals surface area (Å²) in [6.07, 6.45) is -2.19. The van der Waals surface area contributed by atoms with Crippen LogP contribution in [0.4, 0.5) is 13.2 Å². The van der Waals surface area contributed by atoms with E-state index in [1.807, 2.05) is 0 Å². The molecule has 4 heteroatoms. The van der Waals surface area contributed by atoms with E-state index in [1.165, 1.54) is 24.0 Å². The Bertz CT molecular complexity index is 339. The van der Waals surface area contributed by atoms with Gasteiger partial charge >= 0.3 is 6.18 Å². The number of aryl methyl sites for hydroxylation is 2. The summed E-state index contributed by atoms with van der Waals surface area (Å²) in [6.45, 7) is 4.82. The maximum Gasteiger partial charge on any atom is 0.449 e. The van der Waals surface area contributed by atoms with E-state index < -0.39 is 12.0 Å². The van der Waals surface area contributed by atoms with Crippen molar-refractivity contribution in [1.82, 2.24) is 0 Å². The van der Waals surface area contributed by atoms with E-state index in [0.717, 1.165) is 0 Å². The van der Waals surface area contributed by atoms with Gasteiger partial charge in [-0.3, -0.25) is 4.79 Å². The quantitative estimate of drug-likeness (QED) is 0.768. The van der Waals surface area contributed by atoms with Crippen LogP contribution in [0.2, 0.25) is 0 Å². The highest BCUT2D eigenvalue weighted by Crippen LogP contribution is 2.14. The zero-order valence-corrected chi connectivity index (χ0v) is 10.3. The standard InChI is InChI=1S/C10H14.C3H3F3O/c1-3-4-10-7-5-9(2)6-8-10;1-2(7)3(4,5)6/h5-8H,3-4H2,1-2H3;1H3. The molecule has 0 aliphatic heterocycles. The third-order valence-electron chi connectivity index (χ3n) is 2.06. The van der Waals surface area contributed by atoms with Crippen LogP contribution in [0.3, 0.4) is 0 Å². The van der Waals surface area contributed by atoms with Gasteiger partial charge in [-0.05, 0) is 18.9 Å². The number of carbonyl (C=O) groups excluding carboxylic acids is 1. The highest BCUT2D eigenvalue weighted by atomic mass is 19.4. The minimum Gasteiger partial charge on any atom is -0.290 e. The predicted molar refractivity (Wildman–Crippen MR) is 61.9 cm³/mol. The first kappa shape index (κ1) is 15.7. The summed E-state index contributed by atoms with van der Waals surface area (Å²) in [5.74, 6) is -1.76. The van der Waals surface area contributed by atoms with Gasteiger partial charge in [-0.2, -0.15) is 13.2 Å². The molecule has 96 valence electrons. The third kappa shape index (κ3) is 7.55. The van der Waals surface area contributed by atoms with Gasteiger partial charge in [-0.15, -0.1) is 0 Å². The van der Waals surface area contributed by atoms with E-state index in [9.17, 15) is 18.0 Å². The minimum absolute atomic E-state index is 0.486. The number of hydrogen-bond donors (Lipinski definition) is 0. The highest BCUT2D eigenvalue weighted by molar-refractivity contribution is 5.81. The number of carbonyl (C=O) groups is 1. The Morgan fingerprint density at radius 3 is 1.88 bits per heavy atom. The number of ketones is 1. The number of alkyl halides is 3. The largest absolute Gasteiger partial charge is 0.449 e. The monoisotopic (exact) mass is 246 g/mol. The Morgan fingerprint density at radius 2 is 1.59 bits per heavy atom. The molecule has 0 saturated heterocycles. The molecule has 0 aliphatic rings. The Hall–Kier alpha value is -1.32. The fourth-order valence-electron chi connectivity index (χ4n) is 1.04. The van der Waals surface area contributed by atoms with Gasteiger partial charge in [0.2, 0.25) is 5.78 Å². The smallest absolute Gasteiger partial charge is 0.290 e. The van der Waals surface area contributed by atoms with Crippen molar-refractivity contribution in [2.45, 2.75) is 39.8 Å². The van der Waals surface area contributed by atoms with E-state index in [1.54, 1.807) is 0 Å². The van der Waals surface area contributed by atoms with Crippen LogP contribution in [0.15, 0.2) is 24.3 Å². The van der Waals surface area contributed by atoms with Crippen LogP contribution < -0.4 is 0 Å². The molecule has 0 heterocycles. The molecular formula is C13H17F3O. The first-order chi connectivity index (χ1) is 7.77. The van der Waals surface area contributed by atoms with E-state index in [-0.39, 0.29) is 0 Å². The van der Waals surface area contributed by atoms with Gasteiger partial charge in [0, 0.05) is 6.92 Å². The Kier molecular flexibility index (Phi) is 6.54. The van der Waals surface area contributed by atoms with Crippen molar-refractivity contribution in [2.75, 3.05) is 0 Å². The summed E-state index contributed by atoms with van der Waals surface area (Å²) in [5.41, 5.74) is 2.80. The predicted octanol–water partition coefficient (Wildman–Crippen LogP) is 4.09. The number of halogens is 3. The lowest BCUT2D eigenvalue weighted by Crippen LogP contribution is -2.18. The lowest BCUT2D eigenvalue weighted by atomic mass is 10.1. The third-order valence-corrected chi connectivity index (χ3v) is 2.06. The van der Waals surface area contributed by atoms with Crippen LogP contribution in [0.1, 0.15) is 31.4 Å². The molecule has 0 atom stereocenters. The van der Waals surface area contributed by atoms with Crippen molar-refractivity contribution in [3.8, 4) is 0 Å². The summed E-state index contributed by atoms with van der Waals surface area (Å²) >= 11 is 0. The fraction of sp³-hybridized carbons (Fsp3) is 0.462. The maximum absolute atomic E-state index is 10.8. The van der Waals surface area contributed by atoms with Crippen LogP contribution in [0.5, 0.6) is 0 Å². The van der Waals surface area contributed by atoms with Crippen LogP contribution in [0.25, 0.3) is 0 Å². The van der Waals surface area contributed by atoms with E-state index in [4.69, 9.17) is 0 Å². The molecule has 0 N–H and O–H groups in total. The van der Waals surface area contributed by atoms with E-state index in [2.05, 4.69) is 38.1 Å². The van der Waals surface area contributed by atoms with E-state index in [0.29, 0.717) is 6.92 Å². The molecule has 1 rings (SSSR count). The average Bonchev–Trinajstić information content (AvgIpc) is 2.21. The number of hydrogen-bond acceptors (Lipinski definition) is 1. The van der Waals surface area contributed by atoms with Gasteiger partial charge in [0.25, 0.3) is 0 Å². The summed E-state index contributed by atoms with van der Waals surface area (Å²) < 4.78 is 32.5. The molecule has 0 bridgehead atoms. The highest BCUT2D eigenvalue weighted by Gasteiger charge is 2.33. The zero-order chi connectivity index (χ0) is 13.5. The molecule has 0 amide bonds. The number of Topliss-reactive ketones (excluding diaryl/α,β-unsaturated/α-hetero) is 1. The first-order valence-electron chi connectivity index (χ1n) is 5.40. The molecule has 1 aromatic rings. The Morgan fingerprint density at radius 1 is 1.18 bits per heavy atom. The molecule has 1 nitrogen and oxygen atoms in total.